The maximum absolute atomic E-state index is 12.4. The summed E-state index contributed by atoms with van der Waals surface area (Å²) in [6, 6.07) is 11.6. The first kappa shape index (κ1) is 18.2. The first-order valence-corrected chi connectivity index (χ1v) is 9.60. The maximum atomic E-state index is 12.4. The van der Waals surface area contributed by atoms with E-state index in [0.717, 1.165) is 24.3 Å². The van der Waals surface area contributed by atoms with Crippen molar-refractivity contribution < 1.29 is 9.59 Å². The number of rotatable bonds is 5. The lowest BCUT2D eigenvalue weighted by atomic mass is 9.90. The second-order valence-corrected chi connectivity index (χ2v) is 7.63. The summed E-state index contributed by atoms with van der Waals surface area (Å²) in [7, 11) is 0. The van der Waals surface area contributed by atoms with Gasteiger partial charge in [-0.15, -0.1) is 0 Å². The minimum Gasteiger partial charge on any atom is -0.348 e. The Hall–Kier alpha value is -3.15. The maximum Gasteiger partial charge on any atom is 0.251 e. The van der Waals surface area contributed by atoms with E-state index in [0.29, 0.717) is 18.0 Å². The number of fused-ring (bicyclic) bond motifs is 1. The second kappa shape index (κ2) is 7.46. The Bertz CT molecular complexity index is 1000. The van der Waals surface area contributed by atoms with Crippen molar-refractivity contribution in [1.29, 1.82) is 0 Å². The van der Waals surface area contributed by atoms with E-state index < -0.39 is 0 Å². The first-order valence-electron chi connectivity index (χ1n) is 9.60. The number of amides is 2. The van der Waals surface area contributed by atoms with Crippen molar-refractivity contribution in [2.24, 2.45) is 5.92 Å². The van der Waals surface area contributed by atoms with Crippen molar-refractivity contribution >= 4 is 17.5 Å². The smallest absolute Gasteiger partial charge is 0.251 e. The molecule has 0 radical (unpaired) electrons. The molecular formula is C22H24N4O2. The first-order chi connectivity index (χ1) is 13.5. The van der Waals surface area contributed by atoms with Gasteiger partial charge in [0, 0.05) is 55.6 Å². The highest BCUT2D eigenvalue weighted by Crippen LogP contribution is 2.28. The van der Waals surface area contributed by atoms with Gasteiger partial charge in [-0.3, -0.25) is 9.59 Å². The van der Waals surface area contributed by atoms with Gasteiger partial charge >= 0.3 is 0 Å². The fourth-order valence-corrected chi connectivity index (χ4v) is 3.49. The van der Waals surface area contributed by atoms with Crippen LogP contribution in [0.4, 0.5) is 0 Å². The Kier molecular flexibility index (Phi) is 4.86. The fourth-order valence-electron chi connectivity index (χ4n) is 3.49. The number of likely N-dealkylation sites (tertiary alicyclic amines) is 1. The number of carbonyl (C=O) groups excluding carboxylic acids is 2. The molecule has 4 rings (SSSR count). The zero-order valence-corrected chi connectivity index (χ0v) is 16.1. The molecule has 0 atom stereocenters. The molecule has 1 N–H and O–H groups in total. The zero-order chi connectivity index (χ0) is 19.7. The van der Waals surface area contributed by atoms with E-state index in [-0.39, 0.29) is 17.7 Å². The molecule has 3 heterocycles. The summed E-state index contributed by atoms with van der Waals surface area (Å²) < 4.78 is 1.93. The van der Waals surface area contributed by atoms with E-state index in [2.05, 4.69) is 10.3 Å². The average Bonchev–Trinajstić information content (AvgIpc) is 3.13. The number of hydrogen-bond donors (Lipinski definition) is 1. The number of pyridine rings is 1. The molecule has 3 aromatic rings. The topological polar surface area (TPSA) is 66.7 Å². The van der Waals surface area contributed by atoms with Crippen molar-refractivity contribution in [3.05, 3.63) is 71.7 Å². The van der Waals surface area contributed by atoms with Gasteiger partial charge in [-0.1, -0.05) is 26.0 Å². The molecule has 1 aliphatic rings. The Morgan fingerprint density at radius 3 is 2.61 bits per heavy atom. The van der Waals surface area contributed by atoms with Gasteiger partial charge in [0.05, 0.1) is 0 Å². The van der Waals surface area contributed by atoms with Gasteiger partial charge in [-0.25, -0.2) is 4.98 Å². The third kappa shape index (κ3) is 3.63. The lowest BCUT2D eigenvalue weighted by Gasteiger charge is -2.40. The molecular weight excluding hydrogens is 352 g/mol. The normalized spacial score (nSPS) is 14.3. The number of hydrogen-bond acceptors (Lipinski definition) is 3. The molecule has 144 valence electrons. The SMILES string of the molecule is CC(C)C(=O)N1CC(c2ccc(C(=O)NCc3ccn4ccnc4c3)cc2)C1. The van der Waals surface area contributed by atoms with Crippen molar-refractivity contribution in [3.8, 4) is 0 Å². The summed E-state index contributed by atoms with van der Waals surface area (Å²) >= 11 is 0. The number of imidazole rings is 1. The summed E-state index contributed by atoms with van der Waals surface area (Å²) in [5.74, 6) is 0.517. The Morgan fingerprint density at radius 2 is 1.89 bits per heavy atom. The van der Waals surface area contributed by atoms with Crippen LogP contribution in [0.3, 0.4) is 0 Å². The molecule has 6 nitrogen and oxygen atoms in total. The molecule has 2 amide bonds. The van der Waals surface area contributed by atoms with E-state index in [1.54, 1.807) is 6.20 Å². The van der Waals surface area contributed by atoms with Crippen LogP contribution in [0.15, 0.2) is 55.0 Å². The molecule has 0 bridgehead atoms. The molecule has 0 saturated carbocycles. The minimum atomic E-state index is -0.0972. The van der Waals surface area contributed by atoms with E-state index >= 15 is 0 Å². The zero-order valence-electron chi connectivity index (χ0n) is 16.1. The quantitative estimate of drug-likeness (QED) is 0.745. The highest BCUT2D eigenvalue weighted by atomic mass is 16.2. The number of benzene rings is 1. The van der Waals surface area contributed by atoms with Crippen molar-refractivity contribution in [2.45, 2.75) is 26.3 Å². The number of nitrogens with one attached hydrogen (secondary N) is 1. The highest BCUT2D eigenvalue weighted by molar-refractivity contribution is 5.94. The molecule has 1 fully saturated rings. The van der Waals surface area contributed by atoms with Crippen LogP contribution in [0.25, 0.3) is 5.65 Å². The third-order valence-electron chi connectivity index (χ3n) is 5.25. The summed E-state index contributed by atoms with van der Waals surface area (Å²) in [5, 5.41) is 2.95. The highest BCUT2D eigenvalue weighted by Gasteiger charge is 2.32. The fraction of sp³-hybridized carbons (Fsp3) is 0.318. The average molecular weight is 376 g/mol. The van der Waals surface area contributed by atoms with Crippen LogP contribution < -0.4 is 5.32 Å². The number of nitrogens with zero attached hydrogens (tertiary/aromatic N) is 3. The second-order valence-electron chi connectivity index (χ2n) is 7.63. The van der Waals surface area contributed by atoms with Gasteiger partial charge in [0.2, 0.25) is 5.91 Å². The summed E-state index contributed by atoms with van der Waals surface area (Å²) in [4.78, 5) is 30.5. The van der Waals surface area contributed by atoms with Crippen LogP contribution in [-0.2, 0) is 11.3 Å². The van der Waals surface area contributed by atoms with Crippen molar-refractivity contribution in [2.75, 3.05) is 13.1 Å². The van der Waals surface area contributed by atoms with Crippen molar-refractivity contribution in [3.63, 3.8) is 0 Å². The number of carbonyl (C=O) groups is 2. The van der Waals surface area contributed by atoms with Crippen molar-refractivity contribution in [1.82, 2.24) is 19.6 Å². The molecule has 2 aromatic heterocycles. The molecule has 0 aliphatic carbocycles. The monoisotopic (exact) mass is 376 g/mol. The number of aromatic nitrogens is 2. The standard InChI is InChI=1S/C22H24N4O2/c1-15(2)22(28)26-13-19(14-26)17-3-5-18(6-4-17)21(27)24-12-16-7-9-25-10-8-23-20(25)11-16/h3-11,15,19H,12-14H2,1-2H3,(H,24,27). The summed E-state index contributed by atoms with van der Waals surface area (Å²) in [6.07, 6.45) is 5.57. The lowest BCUT2D eigenvalue weighted by molar-refractivity contribution is -0.138. The Labute approximate surface area is 164 Å². The molecule has 1 aromatic carbocycles. The molecule has 6 heteroatoms. The van der Waals surface area contributed by atoms with Gasteiger partial charge in [-0.05, 0) is 35.4 Å². The molecule has 28 heavy (non-hydrogen) atoms. The van der Waals surface area contributed by atoms with Crippen LogP contribution in [0.2, 0.25) is 0 Å². The molecule has 1 saturated heterocycles. The molecule has 0 unspecified atom stereocenters. The van der Waals surface area contributed by atoms with E-state index in [1.165, 1.54) is 5.56 Å². The Morgan fingerprint density at radius 1 is 1.14 bits per heavy atom. The van der Waals surface area contributed by atoms with E-state index in [1.807, 2.05) is 71.9 Å². The van der Waals surface area contributed by atoms with Gasteiger partial charge in [0.25, 0.3) is 5.91 Å². The van der Waals surface area contributed by atoms with Crippen LogP contribution in [0.1, 0.15) is 41.3 Å². The molecule has 1 aliphatic heterocycles. The van der Waals surface area contributed by atoms with Gasteiger partial charge < -0.3 is 14.6 Å². The largest absolute Gasteiger partial charge is 0.348 e. The lowest BCUT2D eigenvalue weighted by Crippen LogP contribution is -2.49. The summed E-state index contributed by atoms with van der Waals surface area (Å²) in [6.45, 7) is 5.84. The third-order valence-corrected chi connectivity index (χ3v) is 5.25. The van der Waals surface area contributed by atoms with Crippen LogP contribution in [0, 0.1) is 5.92 Å². The predicted molar refractivity (Wildman–Crippen MR) is 107 cm³/mol. The minimum absolute atomic E-state index is 0.0428. The van der Waals surface area contributed by atoms with Crippen LogP contribution >= 0.6 is 0 Å². The summed E-state index contributed by atoms with van der Waals surface area (Å²) in [5.41, 5.74) is 3.68. The molecule has 0 spiro atoms. The predicted octanol–water partition coefficient (Wildman–Crippen LogP) is 2.85. The van der Waals surface area contributed by atoms with Crippen LogP contribution in [-0.4, -0.2) is 39.2 Å². The van der Waals surface area contributed by atoms with E-state index in [9.17, 15) is 9.59 Å². The van der Waals surface area contributed by atoms with Crippen LogP contribution in [0.5, 0.6) is 0 Å². The van der Waals surface area contributed by atoms with E-state index in [4.69, 9.17) is 0 Å². The van der Waals surface area contributed by atoms with Gasteiger partial charge in [0.1, 0.15) is 5.65 Å². The van der Waals surface area contributed by atoms with Gasteiger partial charge in [0.15, 0.2) is 0 Å². The van der Waals surface area contributed by atoms with Gasteiger partial charge in [-0.2, -0.15) is 0 Å². The Balaban J connectivity index is 1.32.